The lowest BCUT2D eigenvalue weighted by atomic mass is 9.85. The van der Waals surface area contributed by atoms with Gasteiger partial charge in [-0.05, 0) is 60.9 Å². The number of hydrogen-bond acceptors (Lipinski definition) is 2. The fourth-order valence-corrected chi connectivity index (χ4v) is 4.91. The molecule has 4 rings (SSSR count). The Balaban J connectivity index is 1.52. The number of benzene rings is 2. The van der Waals surface area contributed by atoms with Crippen LogP contribution in [-0.4, -0.2) is 34.6 Å². The van der Waals surface area contributed by atoms with Gasteiger partial charge in [-0.25, -0.2) is 0 Å². The minimum Gasteiger partial charge on any atom is -0.393 e. The number of fused-ring (bicyclic) bond motifs is 1. The summed E-state index contributed by atoms with van der Waals surface area (Å²) in [6.45, 7) is 0.831. The molecule has 4 heteroatoms. The number of nitrogens with zero attached hydrogens (tertiary/aromatic N) is 1. The maximum absolute atomic E-state index is 13.2. The van der Waals surface area contributed by atoms with Crippen LogP contribution in [0.1, 0.15) is 49.5 Å². The lowest BCUT2D eigenvalue weighted by Gasteiger charge is -2.41. The van der Waals surface area contributed by atoms with E-state index in [1.807, 2.05) is 12.1 Å². The Morgan fingerprint density at radius 2 is 1.73 bits per heavy atom. The molecule has 2 atom stereocenters. The monoisotopic (exact) mass is 371 g/mol. The molecular weight excluding hydrogens is 346 g/mol. The van der Waals surface area contributed by atoms with Crippen LogP contribution in [0.5, 0.6) is 0 Å². The fraction of sp³-hybridized carbons (Fsp3) is 0.500. The highest BCUT2D eigenvalue weighted by Crippen LogP contribution is 2.38. The third-order valence-electron chi connectivity index (χ3n) is 6.07. The quantitative estimate of drug-likeness (QED) is 0.797. The molecule has 2 unspecified atom stereocenters. The van der Waals surface area contributed by atoms with Crippen LogP contribution in [0.2, 0.25) is 0 Å². The highest BCUT2D eigenvalue weighted by Gasteiger charge is 2.38. The van der Waals surface area contributed by atoms with Gasteiger partial charge >= 0.3 is 0 Å². The van der Waals surface area contributed by atoms with Crippen LogP contribution in [0.25, 0.3) is 10.8 Å². The topological polar surface area (TPSA) is 40.5 Å². The van der Waals surface area contributed by atoms with Gasteiger partial charge in [0.1, 0.15) is 0 Å². The summed E-state index contributed by atoms with van der Waals surface area (Å²) < 4.78 is 0. The Morgan fingerprint density at radius 1 is 1.00 bits per heavy atom. The number of piperidine rings is 1. The largest absolute Gasteiger partial charge is 0.393 e. The molecule has 0 spiro atoms. The van der Waals surface area contributed by atoms with Gasteiger partial charge in [-0.15, -0.1) is 11.6 Å². The molecule has 2 aromatic rings. The second-order valence-electron chi connectivity index (χ2n) is 7.75. The number of likely N-dealkylation sites (tertiary alicyclic amines) is 1. The van der Waals surface area contributed by atoms with Crippen molar-refractivity contribution in [2.45, 2.75) is 56.0 Å². The van der Waals surface area contributed by atoms with E-state index >= 15 is 0 Å². The van der Waals surface area contributed by atoms with Crippen molar-refractivity contribution in [3.8, 4) is 0 Å². The average Bonchev–Trinajstić information content (AvgIpc) is 2.68. The molecule has 3 nitrogen and oxygen atoms in total. The van der Waals surface area contributed by atoms with E-state index in [0.717, 1.165) is 56.0 Å². The number of hydrogen-bond donors (Lipinski definition) is 1. The molecule has 1 aliphatic heterocycles. The van der Waals surface area contributed by atoms with Gasteiger partial charge in [-0.3, -0.25) is 4.79 Å². The average molecular weight is 372 g/mol. The molecule has 1 saturated heterocycles. The Morgan fingerprint density at radius 3 is 2.50 bits per heavy atom. The Kier molecular flexibility index (Phi) is 5.19. The van der Waals surface area contributed by atoms with E-state index in [-0.39, 0.29) is 29.3 Å². The number of carbonyl (C=O) groups is 1. The zero-order valence-corrected chi connectivity index (χ0v) is 15.7. The minimum absolute atomic E-state index is 0.154. The van der Waals surface area contributed by atoms with Crippen LogP contribution in [0.15, 0.2) is 42.5 Å². The Bertz CT molecular complexity index is 785. The molecule has 0 bridgehead atoms. The summed E-state index contributed by atoms with van der Waals surface area (Å²) in [4.78, 5) is 15.2. The minimum atomic E-state index is -0.288. The number of amides is 1. The molecule has 1 amide bonds. The predicted octanol–water partition coefficient (Wildman–Crippen LogP) is 4.66. The second kappa shape index (κ2) is 7.58. The number of aliphatic hydroxyl groups is 1. The standard InChI is InChI=1S/C22H26ClNO2/c23-21(17-8-7-15-4-1-2-5-16(15)14-17)20-6-3-13-24(22(20)26)18-9-11-19(25)12-10-18/h1-2,4-5,7-8,14,18-21,25H,3,6,9-13H2. The van der Waals surface area contributed by atoms with Crippen LogP contribution >= 0.6 is 11.6 Å². The molecule has 2 aromatic carbocycles. The van der Waals surface area contributed by atoms with Crippen molar-refractivity contribution >= 4 is 28.3 Å². The molecule has 1 N–H and O–H groups in total. The summed E-state index contributed by atoms with van der Waals surface area (Å²) in [6.07, 6.45) is 5.07. The zero-order valence-electron chi connectivity index (χ0n) is 15.0. The molecule has 2 aliphatic rings. The maximum Gasteiger partial charge on any atom is 0.227 e. The first-order valence-corrected chi connectivity index (χ1v) is 10.2. The molecule has 1 aliphatic carbocycles. The number of rotatable bonds is 3. The van der Waals surface area contributed by atoms with Gasteiger partial charge in [-0.1, -0.05) is 36.4 Å². The van der Waals surface area contributed by atoms with Crippen LogP contribution in [0, 0.1) is 5.92 Å². The van der Waals surface area contributed by atoms with Gasteiger partial charge in [0, 0.05) is 12.6 Å². The fourth-order valence-electron chi connectivity index (χ4n) is 4.54. The summed E-state index contributed by atoms with van der Waals surface area (Å²) in [5.74, 6) is 0.0456. The van der Waals surface area contributed by atoms with E-state index in [2.05, 4.69) is 35.2 Å². The smallest absolute Gasteiger partial charge is 0.227 e. The molecule has 0 aromatic heterocycles. The normalized spacial score (nSPS) is 28.3. The van der Waals surface area contributed by atoms with Crippen molar-refractivity contribution in [1.82, 2.24) is 4.90 Å². The summed E-state index contributed by atoms with van der Waals surface area (Å²) in [5.41, 5.74) is 1.03. The van der Waals surface area contributed by atoms with Crippen LogP contribution in [0.4, 0.5) is 0 Å². The summed E-state index contributed by atoms with van der Waals surface area (Å²) >= 11 is 6.82. The van der Waals surface area contributed by atoms with E-state index in [1.165, 1.54) is 5.39 Å². The third kappa shape index (κ3) is 3.47. The molecule has 138 valence electrons. The Hall–Kier alpha value is -1.58. The van der Waals surface area contributed by atoms with Crippen molar-refractivity contribution in [2.75, 3.05) is 6.54 Å². The van der Waals surface area contributed by atoms with E-state index in [9.17, 15) is 9.90 Å². The Labute approximate surface area is 159 Å². The molecule has 1 saturated carbocycles. The van der Waals surface area contributed by atoms with E-state index in [0.29, 0.717) is 0 Å². The lowest BCUT2D eigenvalue weighted by Crippen LogP contribution is -2.49. The van der Waals surface area contributed by atoms with Crippen LogP contribution in [-0.2, 0) is 4.79 Å². The van der Waals surface area contributed by atoms with Crippen LogP contribution in [0.3, 0.4) is 0 Å². The molecule has 2 fully saturated rings. The highest BCUT2D eigenvalue weighted by molar-refractivity contribution is 6.22. The summed E-state index contributed by atoms with van der Waals surface area (Å²) in [6, 6.07) is 14.8. The highest BCUT2D eigenvalue weighted by atomic mass is 35.5. The molecule has 0 radical (unpaired) electrons. The molecule has 1 heterocycles. The van der Waals surface area contributed by atoms with E-state index in [1.54, 1.807) is 0 Å². The molecule has 26 heavy (non-hydrogen) atoms. The third-order valence-corrected chi connectivity index (χ3v) is 6.62. The van der Waals surface area contributed by atoms with Gasteiger partial charge in [0.2, 0.25) is 5.91 Å². The first-order chi connectivity index (χ1) is 12.6. The number of alkyl halides is 1. The van der Waals surface area contributed by atoms with E-state index < -0.39 is 0 Å². The van der Waals surface area contributed by atoms with Crippen molar-refractivity contribution in [3.05, 3.63) is 48.0 Å². The van der Waals surface area contributed by atoms with Crippen molar-refractivity contribution in [3.63, 3.8) is 0 Å². The first kappa shape index (κ1) is 17.8. The van der Waals surface area contributed by atoms with Crippen LogP contribution < -0.4 is 0 Å². The summed E-state index contributed by atoms with van der Waals surface area (Å²) in [5, 5.41) is 11.8. The second-order valence-corrected chi connectivity index (χ2v) is 8.22. The van der Waals surface area contributed by atoms with Gasteiger partial charge in [0.25, 0.3) is 0 Å². The first-order valence-electron chi connectivity index (χ1n) is 9.75. The molecular formula is C22H26ClNO2. The van der Waals surface area contributed by atoms with Gasteiger partial charge in [0.15, 0.2) is 0 Å². The van der Waals surface area contributed by atoms with Gasteiger partial charge in [-0.2, -0.15) is 0 Å². The maximum atomic E-state index is 13.2. The number of carbonyl (C=O) groups excluding carboxylic acids is 1. The zero-order chi connectivity index (χ0) is 18.1. The van der Waals surface area contributed by atoms with Crippen molar-refractivity contribution < 1.29 is 9.90 Å². The number of halogens is 1. The predicted molar refractivity (Wildman–Crippen MR) is 105 cm³/mol. The van der Waals surface area contributed by atoms with Crippen molar-refractivity contribution in [2.24, 2.45) is 5.92 Å². The van der Waals surface area contributed by atoms with Gasteiger partial charge in [0.05, 0.1) is 17.4 Å². The van der Waals surface area contributed by atoms with Crippen molar-refractivity contribution in [1.29, 1.82) is 0 Å². The SMILES string of the molecule is O=C1C(C(Cl)c2ccc3ccccc3c2)CCCN1C1CCC(O)CC1. The number of aliphatic hydroxyl groups excluding tert-OH is 1. The van der Waals surface area contributed by atoms with E-state index in [4.69, 9.17) is 11.6 Å². The van der Waals surface area contributed by atoms with Gasteiger partial charge < -0.3 is 10.0 Å². The summed E-state index contributed by atoms with van der Waals surface area (Å²) in [7, 11) is 0. The lowest BCUT2D eigenvalue weighted by molar-refractivity contribution is -0.142.